The van der Waals surface area contributed by atoms with Crippen molar-refractivity contribution < 1.29 is 63.1 Å². The normalized spacial score (nSPS) is 32.0. The number of thiophene rings is 3. The Morgan fingerprint density at radius 3 is 1.53 bits per heavy atom. The van der Waals surface area contributed by atoms with Crippen LogP contribution in [0.1, 0.15) is 49.3 Å². The molecule has 0 amide bonds. The molecule has 0 aliphatic carbocycles. The molecule has 0 spiro atoms. The topological polar surface area (TPSA) is 408 Å². The van der Waals surface area contributed by atoms with Gasteiger partial charge in [0.05, 0.1) is 55.2 Å². The molecule has 5 aliphatic rings. The number of nitriles is 3. The Balaban J connectivity index is 0.000000148. The van der Waals surface area contributed by atoms with Gasteiger partial charge in [0.25, 0.3) is 0 Å². The van der Waals surface area contributed by atoms with E-state index in [9.17, 15) is 41.0 Å². The fourth-order valence-corrected chi connectivity index (χ4v) is 13.4. The van der Waals surface area contributed by atoms with Crippen LogP contribution in [0.3, 0.4) is 0 Å². The van der Waals surface area contributed by atoms with Crippen molar-refractivity contribution in [1.82, 2.24) is 36.1 Å². The Hall–Kier alpha value is -5.47. The molecule has 25 nitrogen and oxygen atoms in total. The summed E-state index contributed by atoms with van der Waals surface area (Å²) in [6.45, 7) is 7.64. The number of thioether (sulfide) groups is 1. The Bertz CT molecular complexity index is 3220. The summed E-state index contributed by atoms with van der Waals surface area (Å²) in [6.07, 6.45) is -1.63. The molecular formula is C45H50N12O13S4. The van der Waals surface area contributed by atoms with Gasteiger partial charge in [-0.2, -0.15) is 15.8 Å². The maximum absolute atomic E-state index is 11.3. The second-order valence-electron chi connectivity index (χ2n) is 18.0. The maximum atomic E-state index is 11.3. The molecule has 0 aromatic carbocycles. The summed E-state index contributed by atoms with van der Waals surface area (Å²) < 4.78 is 46.7. The lowest BCUT2D eigenvalue weighted by Crippen LogP contribution is -2.39. The number of esters is 1. The first-order chi connectivity index (χ1) is 34.8. The highest BCUT2D eigenvalue weighted by molar-refractivity contribution is 7.98. The first-order valence-electron chi connectivity index (χ1n) is 22.2. The predicted octanol–water partition coefficient (Wildman–Crippen LogP) is 2.78. The molecule has 5 aliphatic heterocycles. The number of carbonyl (C=O) groups is 1. The monoisotopic (exact) mass is 1090 g/mol. The first kappa shape index (κ1) is 54.8. The molecule has 11 N–H and O–H groups in total. The van der Waals surface area contributed by atoms with Gasteiger partial charge in [0.15, 0.2) is 11.6 Å². The van der Waals surface area contributed by atoms with Crippen LogP contribution in [-0.2, 0) is 59.5 Å². The molecule has 29 heteroatoms. The highest BCUT2D eigenvalue weighted by atomic mass is 32.2. The number of nitrogens with zero attached hydrogens (tertiary/aromatic N) is 9. The molecule has 0 radical (unpaired) electrons. The van der Waals surface area contributed by atoms with Gasteiger partial charge in [-0.3, -0.25) is 4.79 Å². The van der Waals surface area contributed by atoms with E-state index in [1.165, 1.54) is 60.3 Å². The average molecular weight is 1100 g/mol. The van der Waals surface area contributed by atoms with Crippen LogP contribution in [0.4, 0.5) is 11.6 Å². The lowest BCUT2D eigenvalue weighted by atomic mass is 9.93. The van der Waals surface area contributed by atoms with Crippen molar-refractivity contribution in [2.45, 2.75) is 123 Å². The van der Waals surface area contributed by atoms with Crippen LogP contribution in [0.15, 0.2) is 40.1 Å². The molecule has 0 saturated carbocycles. The van der Waals surface area contributed by atoms with Gasteiger partial charge >= 0.3 is 5.97 Å². The number of ether oxygens (including phenoxy) is 8. The number of nitrogen functional groups attached to an aromatic ring is 2. The molecule has 6 aromatic rings. The van der Waals surface area contributed by atoms with Gasteiger partial charge in [0.2, 0.25) is 16.8 Å². The van der Waals surface area contributed by atoms with Gasteiger partial charge in [0, 0.05) is 28.5 Å². The zero-order valence-corrected chi connectivity index (χ0v) is 43.5. The highest BCUT2D eigenvalue weighted by Crippen LogP contribution is 2.54. The standard InChI is InChI=1S/C18H19N3O5S2.C15H16N4O4S.C12H12N4O4S.H3N/c1-9(22)23-5-11-13-14(26-17(2,3)25-13)18(7-19,24-11)15-12-10(6-28-15)16(27-4)21-8-20-12;1-14(2)22-10-8(3-20)21-15(5-16,11(10)23-14)12-9-7(4-24-12)13(17)19-6-18-9;13-3-12(9(19)8(18)6(1-17)20-12)10-7-5(2-21-10)11(14)16-4-15-7;/h6,8,11,13-14H,5H2,1-4H3;4,6,8,10-11,20H,3H2,1-2H3,(H2,17,18,19);2,4,6,8-9,17-19H,1H2,(H2,14,15,16);1H3/t11-,13-,14-,18-;8-,10-,11-,15-;6-,8-,9-,12-;/m111./s1. The summed E-state index contributed by atoms with van der Waals surface area (Å²) >= 11 is 5.34. The van der Waals surface area contributed by atoms with Crippen molar-refractivity contribution in [1.29, 1.82) is 15.8 Å². The van der Waals surface area contributed by atoms with Gasteiger partial charge in [-0.05, 0) is 34.0 Å². The van der Waals surface area contributed by atoms with Gasteiger partial charge in [-0.25, -0.2) is 29.9 Å². The number of anilines is 2. The molecule has 5 saturated heterocycles. The van der Waals surface area contributed by atoms with Crippen LogP contribution in [-0.4, -0.2) is 149 Å². The van der Waals surface area contributed by atoms with E-state index in [1.54, 1.807) is 38.5 Å². The molecule has 5 fully saturated rings. The van der Waals surface area contributed by atoms with E-state index < -0.39 is 95.9 Å². The smallest absolute Gasteiger partial charge is 0.302 e. The third-order valence-electron chi connectivity index (χ3n) is 12.6. The van der Waals surface area contributed by atoms with E-state index in [1.807, 2.05) is 17.7 Å². The summed E-state index contributed by atoms with van der Waals surface area (Å²) in [5, 5.41) is 77.0. The summed E-state index contributed by atoms with van der Waals surface area (Å²) in [5.41, 5.74) is 8.62. The molecular weight excluding hydrogens is 1040 g/mol. The molecule has 12 atom stereocenters. The highest BCUT2D eigenvalue weighted by Gasteiger charge is 2.67. The Morgan fingerprint density at radius 2 is 1.08 bits per heavy atom. The minimum Gasteiger partial charge on any atom is -0.463 e. The molecule has 74 heavy (non-hydrogen) atoms. The van der Waals surface area contributed by atoms with Crippen LogP contribution in [0.5, 0.6) is 0 Å². The summed E-state index contributed by atoms with van der Waals surface area (Å²) in [6, 6.07) is 6.45. The van der Waals surface area contributed by atoms with Crippen molar-refractivity contribution in [2.24, 2.45) is 0 Å². The number of fused-ring (bicyclic) bond motifs is 5. The zero-order valence-electron chi connectivity index (χ0n) is 40.3. The fraction of sp³-hybridized carbons (Fsp3) is 0.511. The average Bonchev–Trinajstić information content (AvgIpc) is 4.26. The van der Waals surface area contributed by atoms with Gasteiger partial charge in [0.1, 0.15) is 115 Å². The largest absolute Gasteiger partial charge is 0.463 e. The van der Waals surface area contributed by atoms with E-state index in [2.05, 4.69) is 42.0 Å². The number of hydrogen-bond acceptors (Lipinski definition) is 29. The minimum atomic E-state index is -1.79. The van der Waals surface area contributed by atoms with E-state index in [0.717, 1.165) is 21.7 Å². The minimum absolute atomic E-state index is 0. The zero-order chi connectivity index (χ0) is 52.4. The molecule has 392 valence electrons. The summed E-state index contributed by atoms with van der Waals surface area (Å²) in [4.78, 5) is 37.7. The lowest BCUT2D eigenvalue weighted by Gasteiger charge is -2.28. The Kier molecular flexibility index (Phi) is 15.2. The number of aliphatic hydroxyl groups is 4. The molecule has 0 unspecified atom stereocenters. The van der Waals surface area contributed by atoms with Crippen molar-refractivity contribution in [3.05, 3.63) is 49.8 Å². The Morgan fingerprint density at radius 1 is 0.662 bits per heavy atom. The second kappa shape index (κ2) is 20.6. The van der Waals surface area contributed by atoms with Gasteiger partial charge in [-0.1, -0.05) is 0 Å². The number of aromatic nitrogens is 6. The SMILES string of the molecule is CC1(C)O[C@H]2[C@@H](O1)[C@](C#N)(c1scc3c(N)ncnc13)O[C@@H]2CO.CSc1ncnc2c([C@]3(C#N)O[C@H](COC(C)=O)[C@H]4OC(C)(C)O[C@H]43)scc12.N.N#C[C@@]1(c2scc3c(N)ncnc23)O[C@H](CO)[C@@H](O)[C@H]1O. The summed E-state index contributed by atoms with van der Waals surface area (Å²) in [5.74, 6) is -1.58. The van der Waals surface area contributed by atoms with E-state index in [-0.39, 0.29) is 25.2 Å². The third-order valence-corrected chi connectivity index (χ3v) is 16.6. The third kappa shape index (κ3) is 8.96. The summed E-state index contributed by atoms with van der Waals surface area (Å²) in [7, 11) is 0. The first-order valence-corrected chi connectivity index (χ1v) is 26.1. The molecule has 6 aromatic heterocycles. The fourth-order valence-electron chi connectivity index (χ4n) is 9.46. The van der Waals surface area contributed by atoms with Crippen molar-refractivity contribution in [3.8, 4) is 18.2 Å². The van der Waals surface area contributed by atoms with Crippen LogP contribution in [0.2, 0.25) is 0 Å². The van der Waals surface area contributed by atoms with E-state index in [0.29, 0.717) is 47.8 Å². The van der Waals surface area contributed by atoms with Gasteiger partial charge in [-0.15, -0.1) is 45.8 Å². The van der Waals surface area contributed by atoms with Gasteiger partial charge < -0.3 is 75.9 Å². The quantitative estimate of drug-likeness (QED) is 0.0654. The number of nitrogens with two attached hydrogens (primary N) is 2. The second-order valence-corrected chi connectivity index (χ2v) is 21.5. The van der Waals surface area contributed by atoms with E-state index in [4.69, 9.17) is 49.4 Å². The maximum Gasteiger partial charge on any atom is 0.302 e. The number of carbonyl (C=O) groups excluding carboxylic acids is 1. The molecule has 11 rings (SSSR count). The number of hydrogen-bond donors (Lipinski definition) is 7. The molecule has 0 bridgehead atoms. The number of rotatable bonds is 8. The van der Waals surface area contributed by atoms with Crippen molar-refractivity contribution in [2.75, 3.05) is 37.5 Å². The van der Waals surface area contributed by atoms with Crippen LogP contribution >= 0.6 is 45.8 Å². The van der Waals surface area contributed by atoms with Crippen molar-refractivity contribution >= 4 is 96.1 Å². The molecule has 11 heterocycles. The van der Waals surface area contributed by atoms with E-state index >= 15 is 0 Å². The van der Waals surface area contributed by atoms with Crippen LogP contribution in [0.25, 0.3) is 32.7 Å². The van der Waals surface area contributed by atoms with Crippen molar-refractivity contribution in [3.63, 3.8) is 0 Å². The lowest BCUT2D eigenvalue weighted by molar-refractivity contribution is -0.205. The van der Waals surface area contributed by atoms with Crippen LogP contribution < -0.4 is 17.6 Å². The Labute approximate surface area is 437 Å². The number of aliphatic hydroxyl groups excluding tert-OH is 4. The van der Waals surface area contributed by atoms with Crippen LogP contribution in [0, 0.1) is 34.0 Å². The predicted molar refractivity (Wildman–Crippen MR) is 265 cm³/mol.